The van der Waals surface area contributed by atoms with E-state index >= 15 is 0 Å². The number of aromatic nitrogens is 7. The Kier molecular flexibility index (Phi) is 4.13. The smallest absolute Gasteiger partial charge is 0.269 e. The average molecular weight is 392 g/mol. The number of nitrogens with zero attached hydrogens (tertiary/aromatic N) is 6. The number of methoxy groups -OCH3 is 1. The number of hydrogen-bond acceptors (Lipinski definition) is 6. The second-order valence-electron chi connectivity index (χ2n) is 7.07. The van der Waals surface area contributed by atoms with Crippen LogP contribution in [0.4, 0.5) is 0 Å². The normalized spacial score (nSPS) is 18.7. The molecule has 29 heavy (non-hydrogen) atoms. The number of hydrogen-bond donors (Lipinski definition) is 2. The Labute approximate surface area is 165 Å². The van der Waals surface area contributed by atoms with E-state index in [1.165, 1.54) is 0 Å². The van der Waals surface area contributed by atoms with Gasteiger partial charge in [-0.25, -0.2) is 9.50 Å². The Bertz CT molecular complexity index is 1180. The van der Waals surface area contributed by atoms with E-state index in [9.17, 15) is 4.79 Å². The van der Waals surface area contributed by atoms with Gasteiger partial charge in [-0.15, -0.1) is 0 Å². The van der Waals surface area contributed by atoms with Gasteiger partial charge in [-0.1, -0.05) is 0 Å². The van der Waals surface area contributed by atoms with Crippen LogP contribution in [-0.4, -0.2) is 60.7 Å². The van der Waals surface area contributed by atoms with Gasteiger partial charge in [0.05, 0.1) is 41.9 Å². The third kappa shape index (κ3) is 2.97. The first-order valence-electron chi connectivity index (χ1n) is 9.36. The molecule has 1 amide bonds. The van der Waals surface area contributed by atoms with Crippen LogP contribution in [0.1, 0.15) is 29.4 Å². The van der Waals surface area contributed by atoms with Gasteiger partial charge in [0.2, 0.25) is 0 Å². The van der Waals surface area contributed by atoms with Crippen molar-refractivity contribution in [3.8, 4) is 22.6 Å². The van der Waals surface area contributed by atoms with Crippen molar-refractivity contribution in [3.63, 3.8) is 0 Å². The summed E-state index contributed by atoms with van der Waals surface area (Å²) in [4.78, 5) is 16.6. The number of ether oxygens (including phenoxy) is 1. The maximum absolute atomic E-state index is 11.8. The molecule has 0 unspecified atom stereocenters. The Balaban J connectivity index is 1.53. The van der Waals surface area contributed by atoms with Crippen molar-refractivity contribution in [1.82, 2.24) is 39.9 Å². The van der Waals surface area contributed by atoms with Gasteiger partial charge in [0.1, 0.15) is 17.1 Å². The van der Waals surface area contributed by atoms with E-state index in [0.717, 1.165) is 29.6 Å². The minimum absolute atomic E-state index is 0.236. The summed E-state index contributed by atoms with van der Waals surface area (Å²) in [5.74, 6) is -0.236. The molecule has 0 saturated heterocycles. The van der Waals surface area contributed by atoms with E-state index in [2.05, 4.69) is 25.7 Å². The molecule has 2 N–H and O–H groups in total. The second-order valence-corrected chi connectivity index (χ2v) is 7.07. The quantitative estimate of drug-likeness (QED) is 0.534. The Morgan fingerprint density at radius 2 is 2.14 bits per heavy atom. The van der Waals surface area contributed by atoms with Crippen LogP contribution < -0.4 is 5.32 Å². The number of nitrogens with one attached hydrogen (secondary N) is 2. The van der Waals surface area contributed by atoms with Gasteiger partial charge >= 0.3 is 0 Å². The molecule has 5 rings (SSSR count). The zero-order chi connectivity index (χ0) is 20.0. The Morgan fingerprint density at radius 3 is 2.93 bits per heavy atom. The first-order chi connectivity index (χ1) is 14.2. The molecule has 4 heterocycles. The molecule has 0 spiro atoms. The Hall–Kier alpha value is -3.53. The number of aromatic amines is 1. The highest BCUT2D eigenvalue weighted by Crippen LogP contribution is 2.35. The molecule has 1 fully saturated rings. The maximum atomic E-state index is 11.8. The number of carbonyl (C=O) groups excluding carboxylic acids is 1. The lowest BCUT2D eigenvalue weighted by atomic mass is 9.89. The molecule has 4 aromatic heterocycles. The topological polar surface area (TPSA) is 115 Å². The molecule has 0 radical (unpaired) electrons. The summed E-state index contributed by atoms with van der Waals surface area (Å²) in [6, 6.07) is 3.93. The highest BCUT2D eigenvalue weighted by molar-refractivity contribution is 5.93. The third-order valence-corrected chi connectivity index (χ3v) is 5.35. The van der Waals surface area contributed by atoms with Gasteiger partial charge in [0, 0.05) is 25.9 Å². The lowest BCUT2D eigenvalue weighted by Crippen LogP contribution is -2.32. The van der Waals surface area contributed by atoms with Gasteiger partial charge < -0.3 is 10.1 Å². The largest absolute Gasteiger partial charge is 0.381 e. The summed E-state index contributed by atoms with van der Waals surface area (Å²) < 4.78 is 9.10. The fraction of sp³-hybridized carbons (Fsp3) is 0.316. The van der Waals surface area contributed by atoms with Crippen LogP contribution in [0.5, 0.6) is 0 Å². The molecule has 1 aliphatic carbocycles. The third-order valence-electron chi connectivity index (χ3n) is 5.35. The van der Waals surface area contributed by atoms with E-state index in [0.29, 0.717) is 29.2 Å². The highest BCUT2D eigenvalue weighted by atomic mass is 16.5. The van der Waals surface area contributed by atoms with Crippen molar-refractivity contribution in [3.05, 3.63) is 42.6 Å². The van der Waals surface area contributed by atoms with Crippen LogP contribution in [0.2, 0.25) is 0 Å². The first kappa shape index (κ1) is 17.6. The van der Waals surface area contributed by atoms with Crippen LogP contribution in [0.25, 0.3) is 28.2 Å². The number of amides is 1. The zero-order valence-electron chi connectivity index (χ0n) is 16.0. The molecule has 0 atom stereocenters. The molecule has 1 saturated carbocycles. The molecular weight excluding hydrogens is 372 g/mol. The fourth-order valence-corrected chi connectivity index (χ4v) is 3.57. The van der Waals surface area contributed by atoms with Crippen LogP contribution in [0.3, 0.4) is 0 Å². The maximum Gasteiger partial charge on any atom is 0.269 e. The number of H-pyrrole nitrogens is 1. The van der Waals surface area contributed by atoms with Gasteiger partial charge in [0.25, 0.3) is 5.91 Å². The molecule has 0 aromatic carbocycles. The first-order valence-corrected chi connectivity index (χ1v) is 9.36. The van der Waals surface area contributed by atoms with Crippen LogP contribution in [0.15, 0.2) is 36.9 Å². The van der Waals surface area contributed by atoms with Gasteiger partial charge in [-0.05, 0) is 25.0 Å². The van der Waals surface area contributed by atoms with Crippen molar-refractivity contribution in [1.29, 1.82) is 0 Å². The van der Waals surface area contributed by atoms with E-state index < -0.39 is 0 Å². The van der Waals surface area contributed by atoms with Crippen LogP contribution in [-0.2, 0) is 4.74 Å². The summed E-state index contributed by atoms with van der Waals surface area (Å²) in [6.45, 7) is 0. The van der Waals surface area contributed by atoms with Crippen molar-refractivity contribution in [2.45, 2.75) is 25.0 Å². The molecule has 0 bridgehead atoms. The van der Waals surface area contributed by atoms with Crippen molar-refractivity contribution in [2.75, 3.05) is 14.2 Å². The summed E-state index contributed by atoms with van der Waals surface area (Å²) in [5.41, 5.74) is 4.09. The molecule has 148 valence electrons. The van der Waals surface area contributed by atoms with Crippen LogP contribution >= 0.6 is 0 Å². The molecule has 10 nitrogen and oxygen atoms in total. The van der Waals surface area contributed by atoms with Crippen molar-refractivity contribution < 1.29 is 9.53 Å². The van der Waals surface area contributed by atoms with Gasteiger partial charge in [-0.2, -0.15) is 15.3 Å². The molecular formula is C19H20N8O2. The number of rotatable bonds is 5. The highest BCUT2D eigenvalue weighted by Gasteiger charge is 2.31. The molecule has 10 heteroatoms. The predicted molar refractivity (Wildman–Crippen MR) is 104 cm³/mol. The van der Waals surface area contributed by atoms with E-state index in [4.69, 9.17) is 9.72 Å². The molecule has 4 aromatic rings. The summed E-state index contributed by atoms with van der Waals surface area (Å²) in [6.07, 6.45) is 9.58. The summed E-state index contributed by atoms with van der Waals surface area (Å²) >= 11 is 0. The monoisotopic (exact) mass is 392 g/mol. The zero-order valence-corrected chi connectivity index (χ0v) is 16.0. The predicted octanol–water partition coefficient (Wildman–Crippen LogP) is 1.69. The summed E-state index contributed by atoms with van der Waals surface area (Å²) in [7, 11) is 3.31. The minimum atomic E-state index is -0.236. The summed E-state index contributed by atoms with van der Waals surface area (Å²) in [5, 5.41) is 18.4. The van der Waals surface area contributed by atoms with E-state index in [1.54, 1.807) is 37.1 Å². The number of fused-ring (bicyclic) bond motifs is 1. The lowest BCUT2D eigenvalue weighted by Gasteiger charge is -2.34. The molecule has 0 aliphatic heterocycles. The molecule has 1 aliphatic rings. The Morgan fingerprint density at radius 1 is 1.28 bits per heavy atom. The van der Waals surface area contributed by atoms with Crippen LogP contribution in [0, 0.1) is 0 Å². The SMILES string of the molecule is CNC(=O)c1cc(-c2cn3nccc3c(-c3cnn(C4CC(OC)C4)c3)n2)n[nH]1. The lowest BCUT2D eigenvalue weighted by molar-refractivity contribution is 0.00250. The van der Waals surface area contributed by atoms with Gasteiger partial charge in [0.15, 0.2) is 0 Å². The minimum Gasteiger partial charge on any atom is -0.381 e. The van der Waals surface area contributed by atoms with Gasteiger partial charge in [-0.3, -0.25) is 14.6 Å². The van der Waals surface area contributed by atoms with Crippen molar-refractivity contribution >= 4 is 11.4 Å². The number of carbonyl (C=O) groups is 1. The van der Waals surface area contributed by atoms with Crippen molar-refractivity contribution in [2.24, 2.45) is 0 Å². The average Bonchev–Trinajstić information content (AvgIpc) is 3.45. The fourth-order valence-electron chi connectivity index (χ4n) is 3.57. The standard InChI is InChI=1S/C19H20N8O2/c1-20-19(28)15-7-14(24-25-15)16-10-27-17(3-4-21-27)18(23-16)11-8-22-26(9-11)12-5-13(6-12)29-2/h3-4,7-10,12-13H,5-6H2,1-2H3,(H,20,28)(H,24,25). The second kappa shape index (κ2) is 6.82. The van der Waals surface area contributed by atoms with E-state index in [-0.39, 0.29) is 5.91 Å². The van der Waals surface area contributed by atoms with E-state index in [1.807, 2.05) is 23.1 Å².